The summed E-state index contributed by atoms with van der Waals surface area (Å²) >= 11 is 0. The number of hydrogen-bond donors (Lipinski definition) is 1. The minimum Gasteiger partial charge on any atom is -0.329 e. The lowest BCUT2D eigenvalue weighted by Gasteiger charge is -2.03. The molecule has 0 aromatic heterocycles. The molecular weight excluding hydrogens is 232 g/mol. The van der Waals surface area contributed by atoms with Gasteiger partial charge in [0.25, 0.3) is 5.69 Å². The van der Waals surface area contributed by atoms with Crippen LogP contribution >= 0.6 is 0 Å². The molecule has 1 aromatic carbocycles. The van der Waals surface area contributed by atoms with Gasteiger partial charge in [-0.05, 0) is 0 Å². The Morgan fingerprint density at radius 3 is 2.50 bits per heavy atom. The van der Waals surface area contributed by atoms with Crippen LogP contribution in [-0.2, 0) is 15.6 Å². The molecule has 1 aromatic rings. The van der Waals surface area contributed by atoms with Gasteiger partial charge in [-0.15, -0.1) is 0 Å². The van der Waals surface area contributed by atoms with Crippen molar-refractivity contribution in [1.82, 2.24) is 0 Å². The van der Waals surface area contributed by atoms with E-state index in [4.69, 9.17) is 5.73 Å². The second-order valence-electron chi connectivity index (χ2n) is 3.27. The molecule has 0 bridgehead atoms. The third-order valence-corrected chi connectivity index (χ3v) is 3.60. The van der Waals surface area contributed by atoms with Crippen LogP contribution in [0.4, 0.5) is 5.69 Å². The highest BCUT2D eigenvalue weighted by atomic mass is 32.2. The lowest BCUT2D eigenvalue weighted by atomic mass is 10.2. The summed E-state index contributed by atoms with van der Waals surface area (Å²) in [6.45, 7) is 0.0168. The fourth-order valence-corrected chi connectivity index (χ4v) is 2.52. The molecule has 0 fully saturated rings. The predicted octanol–water partition coefficient (Wildman–Crippen LogP) is 0.468. The molecule has 2 N–H and O–H groups in total. The first-order valence-electron chi connectivity index (χ1n) is 4.59. The van der Waals surface area contributed by atoms with E-state index in [9.17, 15) is 18.5 Å². The van der Waals surface area contributed by atoms with Gasteiger partial charge < -0.3 is 5.73 Å². The maximum Gasteiger partial charge on any atom is 0.273 e. The second-order valence-corrected chi connectivity index (χ2v) is 5.45. The molecule has 0 saturated heterocycles. The maximum absolute atomic E-state index is 11.5. The average Bonchev–Trinajstić information content (AvgIpc) is 2.17. The van der Waals surface area contributed by atoms with E-state index in [2.05, 4.69) is 0 Å². The Balaban J connectivity index is 3.02. The molecule has 0 aliphatic rings. The molecule has 0 heterocycles. The Morgan fingerprint density at radius 1 is 1.31 bits per heavy atom. The van der Waals surface area contributed by atoms with Gasteiger partial charge in [0.1, 0.15) is 0 Å². The highest BCUT2D eigenvalue weighted by Crippen LogP contribution is 2.20. The van der Waals surface area contributed by atoms with E-state index in [0.29, 0.717) is 0 Å². The van der Waals surface area contributed by atoms with Crippen LogP contribution in [0, 0.1) is 10.1 Å². The van der Waals surface area contributed by atoms with E-state index in [1.165, 1.54) is 18.2 Å². The van der Waals surface area contributed by atoms with E-state index in [-0.39, 0.29) is 29.3 Å². The van der Waals surface area contributed by atoms with Crippen LogP contribution < -0.4 is 5.73 Å². The molecule has 0 aliphatic carbocycles. The summed E-state index contributed by atoms with van der Waals surface area (Å²) in [6, 6.07) is 5.79. The number of benzene rings is 1. The Labute approximate surface area is 93.1 Å². The SMILES string of the molecule is NCCS(=O)(=O)Cc1ccccc1[N+](=O)[O-]. The van der Waals surface area contributed by atoms with Crippen molar-refractivity contribution in [2.75, 3.05) is 12.3 Å². The minimum absolute atomic E-state index is 0.0168. The van der Waals surface area contributed by atoms with E-state index in [1.54, 1.807) is 6.07 Å². The zero-order chi connectivity index (χ0) is 12.2. The number of nitrogens with zero attached hydrogens (tertiary/aromatic N) is 1. The van der Waals surface area contributed by atoms with Crippen LogP contribution in [0.1, 0.15) is 5.56 Å². The third-order valence-electron chi connectivity index (χ3n) is 1.99. The zero-order valence-electron chi connectivity index (χ0n) is 8.50. The van der Waals surface area contributed by atoms with E-state index < -0.39 is 14.8 Å². The molecule has 0 spiro atoms. The van der Waals surface area contributed by atoms with Gasteiger partial charge in [0.05, 0.1) is 16.4 Å². The van der Waals surface area contributed by atoms with E-state index in [0.717, 1.165) is 0 Å². The molecule has 0 saturated carbocycles. The Hall–Kier alpha value is -1.47. The quantitative estimate of drug-likeness (QED) is 0.599. The summed E-state index contributed by atoms with van der Waals surface area (Å²) in [5.41, 5.74) is 5.17. The van der Waals surface area contributed by atoms with Gasteiger partial charge in [0.15, 0.2) is 9.84 Å². The standard InChI is InChI=1S/C9H12N2O4S/c10-5-6-16(14,15)7-8-3-1-2-4-9(8)11(12)13/h1-4H,5-7,10H2. The van der Waals surface area contributed by atoms with Gasteiger partial charge in [0, 0.05) is 18.2 Å². The lowest BCUT2D eigenvalue weighted by molar-refractivity contribution is -0.385. The molecule has 1 rings (SSSR count). The topological polar surface area (TPSA) is 103 Å². The maximum atomic E-state index is 11.5. The van der Waals surface area contributed by atoms with Gasteiger partial charge in [0.2, 0.25) is 0 Å². The number of rotatable bonds is 5. The number of nitro benzene ring substituents is 1. The smallest absolute Gasteiger partial charge is 0.273 e. The van der Waals surface area contributed by atoms with Crippen molar-refractivity contribution in [3.8, 4) is 0 Å². The monoisotopic (exact) mass is 244 g/mol. The summed E-state index contributed by atoms with van der Waals surface area (Å²) in [4.78, 5) is 10.1. The lowest BCUT2D eigenvalue weighted by Crippen LogP contribution is -2.17. The number of sulfone groups is 1. The normalized spacial score (nSPS) is 11.3. The predicted molar refractivity (Wildman–Crippen MR) is 59.6 cm³/mol. The zero-order valence-corrected chi connectivity index (χ0v) is 9.31. The van der Waals surface area contributed by atoms with E-state index in [1.807, 2.05) is 0 Å². The van der Waals surface area contributed by atoms with Gasteiger partial charge in [-0.2, -0.15) is 0 Å². The van der Waals surface area contributed by atoms with Crippen LogP contribution in [-0.4, -0.2) is 25.6 Å². The Kier molecular flexibility index (Phi) is 3.97. The molecule has 88 valence electrons. The average molecular weight is 244 g/mol. The largest absolute Gasteiger partial charge is 0.329 e. The fourth-order valence-electron chi connectivity index (χ4n) is 1.30. The molecule has 7 heteroatoms. The van der Waals surface area contributed by atoms with Crippen molar-refractivity contribution in [1.29, 1.82) is 0 Å². The highest BCUT2D eigenvalue weighted by molar-refractivity contribution is 7.90. The van der Waals surface area contributed by atoms with E-state index >= 15 is 0 Å². The van der Waals surface area contributed by atoms with Crippen LogP contribution in [0.5, 0.6) is 0 Å². The first-order valence-corrected chi connectivity index (χ1v) is 6.41. The van der Waals surface area contributed by atoms with Crippen molar-refractivity contribution >= 4 is 15.5 Å². The van der Waals surface area contributed by atoms with Gasteiger partial charge in [-0.25, -0.2) is 8.42 Å². The number of hydrogen-bond acceptors (Lipinski definition) is 5. The summed E-state index contributed by atoms with van der Waals surface area (Å²) in [5.74, 6) is -0.513. The minimum atomic E-state index is -3.37. The first kappa shape index (κ1) is 12.6. The first-order chi connectivity index (χ1) is 7.46. The van der Waals surface area contributed by atoms with Crippen molar-refractivity contribution in [3.63, 3.8) is 0 Å². The summed E-state index contributed by atoms with van der Waals surface area (Å²) < 4.78 is 22.9. The van der Waals surface area contributed by atoms with Gasteiger partial charge in [-0.1, -0.05) is 18.2 Å². The summed E-state index contributed by atoms with van der Waals surface area (Å²) in [7, 11) is -3.37. The molecular formula is C9H12N2O4S. The fraction of sp³-hybridized carbons (Fsp3) is 0.333. The molecule has 0 radical (unpaired) electrons. The highest BCUT2D eigenvalue weighted by Gasteiger charge is 2.18. The van der Waals surface area contributed by atoms with Crippen LogP contribution in [0.15, 0.2) is 24.3 Å². The molecule has 16 heavy (non-hydrogen) atoms. The van der Waals surface area contributed by atoms with Crippen LogP contribution in [0.2, 0.25) is 0 Å². The van der Waals surface area contributed by atoms with Crippen molar-refractivity contribution < 1.29 is 13.3 Å². The Morgan fingerprint density at radius 2 is 1.94 bits per heavy atom. The summed E-state index contributed by atoms with van der Waals surface area (Å²) in [6.07, 6.45) is 0. The molecule has 0 aliphatic heterocycles. The molecule has 0 amide bonds. The van der Waals surface area contributed by atoms with Gasteiger partial charge >= 0.3 is 0 Å². The number of nitrogens with two attached hydrogens (primary N) is 1. The second kappa shape index (κ2) is 5.04. The van der Waals surface area contributed by atoms with Crippen molar-refractivity contribution in [2.24, 2.45) is 5.73 Å². The third kappa shape index (κ3) is 3.28. The van der Waals surface area contributed by atoms with Crippen LogP contribution in [0.3, 0.4) is 0 Å². The number of nitro groups is 1. The Bertz CT molecular complexity index is 484. The van der Waals surface area contributed by atoms with Crippen molar-refractivity contribution in [3.05, 3.63) is 39.9 Å². The summed E-state index contributed by atoms with van der Waals surface area (Å²) in [5, 5.41) is 10.7. The van der Waals surface area contributed by atoms with Gasteiger partial charge in [-0.3, -0.25) is 10.1 Å². The molecule has 6 nitrogen and oxygen atoms in total. The van der Waals surface area contributed by atoms with Crippen LogP contribution in [0.25, 0.3) is 0 Å². The number of para-hydroxylation sites is 1. The molecule has 0 atom stereocenters. The molecule has 0 unspecified atom stereocenters. The van der Waals surface area contributed by atoms with Crippen molar-refractivity contribution in [2.45, 2.75) is 5.75 Å².